The zero-order chi connectivity index (χ0) is 17.2. The van der Waals surface area contributed by atoms with E-state index in [2.05, 4.69) is 9.97 Å². The van der Waals surface area contributed by atoms with Gasteiger partial charge in [-0.1, -0.05) is 0 Å². The van der Waals surface area contributed by atoms with E-state index in [1.165, 1.54) is 32.6 Å². The van der Waals surface area contributed by atoms with Crippen LogP contribution in [0.4, 0.5) is 5.82 Å². The normalized spacial score (nSPS) is 21.7. The van der Waals surface area contributed by atoms with E-state index >= 15 is 0 Å². The van der Waals surface area contributed by atoms with Crippen molar-refractivity contribution in [1.29, 1.82) is 0 Å². The van der Waals surface area contributed by atoms with Gasteiger partial charge in [0.05, 0.1) is 26.1 Å². The van der Waals surface area contributed by atoms with Crippen LogP contribution in [0.25, 0.3) is 0 Å². The van der Waals surface area contributed by atoms with Gasteiger partial charge in [0.25, 0.3) is 0 Å². The van der Waals surface area contributed by atoms with Crippen LogP contribution < -0.4 is 14.4 Å². The maximum Gasteiger partial charge on any atom is 0.321 e. The average Bonchev–Trinajstić information content (AvgIpc) is 2.87. The van der Waals surface area contributed by atoms with E-state index in [1.54, 1.807) is 11.0 Å². The van der Waals surface area contributed by atoms with Gasteiger partial charge in [-0.25, -0.2) is 12.7 Å². The number of hydrogen-bond acceptors (Lipinski definition) is 8. The molecule has 0 spiro atoms. The number of aliphatic hydroxyl groups is 1. The maximum atomic E-state index is 12.0. The topological polar surface area (TPSA) is 105 Å². The van der Waals surface area contributed by atoms with Crippen molar-refractivity contribution in [3.8, 4) is 11.9 Å². The molecule has 1 aromatic heterocycles. The number of hydrogen-bond donors (Lipinski definition) is 1. The molecular weight excluding hydrogens is 324 g/mol. The zero-order valence-electron chi connectivity index (χ0n) is 13.6. The molecule has 1 aromatic rings. The second kappa shape index (κ2) is 6.85. The lowest BCUT2D eigenvalue weighted by molar-refractivity contribution is 0.157. The van der Waals surface area contributed by atoms with Crippen molar-refractivity contribution in [2.45, 2.75) is 6.10 Å². The van der Waals surface area contributed by atoms with Crippen LogP contribution in [0.2, 0.25) is 0 Å². The number of aliphatic hydroxyl groups excluding tert-OH is 1. The highest BCUT2D eigenvalue weighted by molar-refractivity contribution is 7.89. The molecule has 0 amide bonds. The Hall–Kier alpha value is -1.65. The number of aromatic nitrogens is 2. The zero-order valence-corrected chi connectivity index (χ0v) is 14.4. The van der Waals surface area contributed by atoms with Gasteiger partial charge in [-0.05, 0) is 0 Å². The first-order valence-electron chi connectivity index (χ1n) is 7.07. The van der Waals surface area contributed by atoms with Gasteiger partial charge in [0.15, 0.2) is 0 Å². The summed E-state index contributed by atoms with van der Waals surface area (Å²) >= 11 is 0. The third-order valence-electron chi connectivity index (χ3n) is 3.77. The number of β-amino-alcohol motifs (C(OH)–C–C–N with tert-alkyl or cyclic N) is 1. The van der Waals surface area contributed by atoms with Crippen LogP contribution in [0.5, 0.6) is 11.9 Å². The maximum absolute atomic E-state index is 12.0. The largest absolute Gasteiger partial charge is 0.481 e. The number of anilines is 1. The molecule has 1 fully saturated rings. The lowest BCUT2D eigenvalue weighted by Crippen LogP contribution is -2.33. The Morgan fingerprint density at radius 1 is 1.30 bits per heavy atom. The summed E-state index contributed by atoms with van der Waals surface area (Å²) in [6.07, 6.45) is -0.753. The summed E-state index contributed by atoms with van der Waals surface area (Å²) in [4.78, 5) is 10.0. The van der Waals surface area contributed by atoms with Crippen molar-refractivity contribution in [2.75, 3.05) is 52.1 Å². The van der Waals surface area contributed by atoms with Crippen molar-refractivity contribution in [2.24, 2.45) is 5.92 Å². The Labute approximate surface area is 135 Å². The number of nitrogens with zero attached hydrogens (tertiary/aromatic N) is 4. The molecule has 2 atom stereocenters. The molecule has 0 saturated carbocycles. The van der Waals surface area contributed by atoms with Gasteiger partial charge < -0.3 is 19.5 Å². The first-order valence-corrected chi connectivity index (χ1v) is 8.68. The van der Waals surface area contributed by atoms with Crippen LogP contribution in [0, 0.1) is 5.92 Å². The monoisotopic (exact) mass is 346 g/mol. The summed E-state index contributed by atoms with van der Waals surface area (Å²) in [5.41, 5.74) is 0. The molecule has 2 rings (SSSR count). The van der Waals surface area contributed by atoms with Gasteiger partial charge in [-0.3, -0.25) is 0 Å². The summed E-state index contributed by atoms with van der Waals surface area (Å²) in [5, 5.41) is 10.2. The van der Waals surface area contributed by atoms with Crippen molar-refractivity contribution in [3.05, 3.63) is 6.07 Å². The van der Waals surface area contributed by atoms with Crippen LogP contribution in [0.3, 0.4) is 0 Å². The van der Waals surface area contributed by atoms with Crippen LogP contribution in [-0.2, 0) is 10.0 Å². The van der Waals surface area contributed by atoms with Crippen LogP contribution in [0.1, 0.15) is 0 Å². The third kappa shape index (κ3) is 4.01. The molecule has 1 aliphatic rings. The minimum atomic E-state index is -3.38. The quantitative estimate of drug-likeness (QED) is 0.712. The van der Waals surface area contributed by atoms with Gasteiger partial charge >= 0.3 is 6.01 Å². The molecule has 2 heterocycles. The van der Waals surface area contributed by atoms with E-state index in [0.717, 1.165) is 0 Å². The lowest BCUT2D eigenvalue weighted by atomic mass is 10.1. The predicted octanol–water partition coefficient (Wildman–Crippen LogP) is -0.818. The second-order valence-corrected chi connectivity index (χ2v) is 7.78. The van der Waals surface area contributed by atoms with E-state index in [0.29, 0.717) is 18.2 Å². The van der Waals surface area contributed by atoms with Gasteiger partial charge in [-0.2, -0.15) is 9.97 Å². The summed E-state index contributed by atoms with van der Waals surface area (Å²) in [5.74, 6) is 0.356. The van der Waals surface area contributed by atoms with Crippen LogP contribution >= 0.6 is 0 Å². The van der Waals surface area contributed by atoms with Crippen molar-refractivity contribution >= 4 is 15.8 Å². The molecule has 1 N–H and O–H groups in total. The highest BCUT2D eigenvalue weighted by atomic mass is 32.2. The highest BCUT2D eigenvalue weighted by Crippen LogP contribution is 2.27. The molecule has 0 unspecified atom stereocenters. The predicted molar refractivity (Wildman–Crippen MR) is 84.3 cm³/mol. The van der Waals surface area contributed by atoms with Gasteiger partial charge in [0, 0.05) is 39.2 Å². The SMILES string of the molecule is COc1cc(N2C[C@@H](CS(=O)(=O)N(C)C)[C@H](O)C2)nc(OC)n1. The number of sulfonamides is 1. The minimum absolute atomic E-state index is 0.114. The molecule has 0 radical (unpaired) electrons. The molecule has 0 aromatic carbocycles. The number of rotatable bonds is 6. The number of ether oxygens (including phenoxy) is 2. The highest BCUT2D eigenvalue weighted by Gasteiger charge is 2.36. The summed E-state index contributed by atoms with van der Waals surface area (Å²) in [6.45, 7) is 0.661. The Balaban J connectivity index is 2.18. The molecule has 0 aliphatic carbocycles. The fourth-order valence-corrected chi connectivity index (χ4v) is 3.54. The molecule has 23 heavy (non-hydrogen) atoms. The molecular formula is C13H22N4O5S. The fourth-order valence-electron chi connectivity index (χ4n) is 2.37. The van der Waals surface area contributed by atoms with Gasteiger partial charge in [0.2, 0.25) is 15.9 Å². The standard InChI is InChI=1S/C13H22N4O5S/c1-16(2)23(19,20)8-9-6-17(7-10(9)18)11-5-12(21-3)15-13(14-11)22-4/h5,9-10,18H,6-8H2,1-4H3/t9-,10+/m0/s1. The molecule has 10 heteroatoms. The van der Waals surface area contributed by atoms with E-state index in [4.69, 9.17) is 9.47 Å². The molecule has 1 aliphatic heterocycles. The van der Waals surface area contributed by atoms with E-state index in [-0.39, 0.29) is 18.3 Å². The summed E-state index contributed by atoms with van der Waals surface area (Å²) in [7, 11) is 2.51. The van der Waals surface area contributed by atoms with Crippen LogP contribution in [0.15, 0.2) is 6.07 Å². The fraction of sp³-hybridized carbons (Fsp3) is 0.692. The van der Waals surface area contributed by atoms with Crippen molar-refractivity contribution in [1.82, 2.24) is 14.3 Å². The van der Waals surface area contributed by atoms with E-state index in [9.17, 15) is 13.5 Å². The Kier molecular flexibility index (Phi) is 5.27. The van der Waals surface area contributed by atoms with Crippen LogP contribution in [-0.4, -0.2) is 81.1 Å². The third-order valence-corrected chi connectivity index (χ3v) is 5.73. The Morgan fingerprint density at radius 3 is 2.57 bits per heavy atom. The first-order chi connectivity index (χ1) is 10.8. The molecule has 0 bridgehead atoms. The molecule has 9 nitrogen and oxygen atoms in total. The minimum Gasteiger partial charge on any atom is -0.481 e. The summed E-state index contributed by atoms with van der Waals surface area (Å²) in [6, 6.07) is 1.77. The molecule has 130 valence electrons. The Bertz CT molecular complexity index is 630. The average molecular weight is 346 g/mol. The summed E-state index contributed by atoms with van der Waals surface area (Å²) < 4.78 is 35.3. The lowest BCUT2D eigenvalue weighted by Gasteiger charge is -2.19. The van der Waals surface area contributed by atoms with Gasteiger partial charge in [-0.15, -0.1) is 0 Å². The van der Waals surface area contributed by atoms with E-state index in [1.807, 2.05) is 0 Å². The van der Waals surface area contributed by atoms with Crippen molar-refractivity contribution < 1.29 is 23.0 Å². The smallest absolute Gasteiger partial charge is 0.321 e. The molecule has 1 saturated heterocycles. The first kappa shape index (κ1) is 17.7. The van der Waals surface area contributed by atoms with E-state index < -0.39 is 22.0 Å². The van der Waals surface area contributed by atoms with Gasteiger partial charge in [0.1, 0.15) is 5.82 Å². The Morgan fingerprint density at radius 2 is 2.00 bits per heavy atom. The second-order valence-electron chi connectivity index (χ2n) is 5.55. The number of methoxy groups -OCH3 is 2. The van der Waals surface area contributed by atoms with Crippen molar-refractivity contribution in [3.63, 3.8) is 0 Å².